The monoisotopic (exact) mass is 375 g/mol. The molecule has 0 radical (unpaired) electrons. The van der Waals surface area contributed by atoms with Gasteiger partial charge >= 0.3 is 0 Å². The molecule has 0 atom stereocenters. The molecule has 2 aromatic rings. The Morgan fingerprint density at radius 1 is 1.08 bits per heavy atom. The van der Waals surface area contributed by atoms with Crippen LogP contribution in [0.25, 0.3) is 0 Å². The molecule has 140 valence electrons. The Labute approximate surface area is 159 Å². The molecule has 0 saturated carbocycles. The van der Waals surface area contributed by atoms with Gasteiger partial charge in [0.15, 0.2) is 0 Å². The lowest BCUT2D eigenvalue weighted by atomic mass is 10.1. The van der Waals surface area contributed by atoms with Gasteiger partial charge in [-0.15, -0.1) is 11.8 Å². The van der Waals surface area contributed by atoms with E-state index in [1.807, 2.05) is 32.0 Å². The SMILES string of the molecule is COc1ccc(OC)c(NC(=O)CSCCOc2c(C)cccc2C)c1. The molecule has 0 aliphatic rings. The Bertz CT molecular complexity index is 728. The lowest BCUT2D eigenvalue weighted by Gasteiger charge is -2.12. The number of methoxy groups -OCH3 is 2. The average Bonchev–Trinajstić information content (AvgIpc) is 2.63. The van der Waals surface area contributed by atoms with E-state index in [9.17, 15) is 4.79 Å². The largest absolute Gasteiger partial charge is 0.497 e. The van der Waals surface area contributed by atoms with Crippen LogP contribution in [0.5, 0.6) is 17.2 Å². The van der Waals surface area contributed by atoms with Gasteiger partial charge < -0.3 is 19.5 Å². The number of thioether (sulfide) groups is 1. The number of para-hydroxylation sites is 1. The first kappa shape index (κ1) is 20.0. The summed E-state index contributed by atoms with van der Waals surface area (Å²) in [6, 6.07) is 11.4. The summed E-state index contributed by atoms with van der Waals surface area (Å²) in [6.45, 7) is 4.63. The molecule has 0 aliphatic heterocycles. The predicted molar refractivity (Wildman–Crippen MR) is 107 cm³/mol. The Balaban J connectivity index is 1.77. The van der Waals surface area contributed by atoms with Crippen molar-refractivity contribution in [2.75, 3.05) is 37.6 Å². The summed E-state index contributed by atoms with van der Waals surface area (Å²) in [5.74, 6) is 3.18. The van der Waals surface area contributed by atoms with Crippen molar-refractivity contribution in [1.29, 1.82) is 0 Å². The summed E-state index contributed by atoms with van der Waals surface area (Å²) in [7, 11) is 3.15. The standard InChI is InChI=1S/C20H25NO4S/c1-14-6-5-7-15(2)20(14)25-10-11-26-13-19(22)21-17-12-16(23-3)8-9-18(17)24-4/h5-9,12H,10-11,13H2,1-4H3,(H,21,22). The molecule has 1 amide bonds. The second kappa shape index (κ2) is 9.97. The Morgan fingerprint density at radius 3 is 2.46 bits per heavy atom. The summed E-state index contributed by atoms with van der Waals surface area (Å²) in [6.07, 6.45) is 0. The number of amides is 1. The van der Waals surface area contributed by atoms with Crippen molar-refractivity contribution in [3.05, 3.63) is 47.5 Å². The molecule has 0 aromatic heterocycles. The van der Waals surface area contributed by atoms with Crippen molar-refractivity contribution < 1.29 is 19.0 Å². The van der Waals surface area contributed by atoms with Gasteiger partial charge in [0.2, 0.25) is 5.91 Å². The number of ether oxygens (including phenoxy) is 3. The van der Waals surface area contributed by atoms with Gasteiger partial charge in [-0.25, -0.2) is 0 Å². The fourth-order valence-electron chi connectivity index (χ4n) is 2.49. The van der Waals surface area contributed by atoms with Crippen molar-refractivity contribution >= 4 is 23.4 Å². The van der Waals surface area contributed by atoms with Gasteiger partial charge in [0.1, 0.15) is 17.2 Å². The van der Waals surface area contributed by atoms with Gasteiger partial charge in [-0.1, -0.05) is 18.2 Å². The van der Waals surface area contributed by atoms with Crippen LogP contribution in [0.4, 0.5) is 5.69 Å². The van der Waals surface area contributed by atoms with Crippen LogP contribution in [0.15, 0.2) is 36.4 Å². The Hall–Kier alpha value is -2.34. The zero-order valence-corrected chi connectivity index (χ0v) is 16.4. The molecule has 2 rings (SSSR count). The third-order valence-corrected chi connectivity index (χ3v) is 4.72. The molecule has 0 saturated heterocycles. The number of nitrogens with one attached hydrogen (secondary N) is 1. The van der Waals surface area contributed by atoms with E-state index in [1.54, 1.807) is 32.4 Å². The molecule has 5 nitrogen and oxygen atoms in total. The minimum absolute atomic E-state index is 0.0892. The Morgan fingerprint density at radius 2 is 1.81 bits per heavy atom. The number of aryl methyl sites for hydroxylation is 2. The van der Waals surface area contributed by atoms with E-state index in [0.29, 0.717) is 29.5 Å². The zero-order chi connectivity index (χ0) is 18.9. The van der Waals surface area contributed by atoms with E-state index in [0.717, 1.165) is 22.6 Å². The quantitative estimate of drug-likeness (QED) is 0.670. The highest BCUT2D eigenvalue weighted by Gasteiger charge is 2.09. The number of carbonyl (C=O) groups is 1. The second-order valence-electron chi connectivity index (χ2n) is 5.74. The first-order valence-electron chi connectivity index (χ1n) is 8.33. The number of carbonyl (C=O) groups excluding carboxylic acids is 1. The first-order chi connectivity index (χ1) is 12.5. The molecule has 6 heteroatoms. The summed E-state index contributed by atoms with van der Waals surface area (Å²) in [5, 5.41) is 2.86. The van der Waals surface area contributed by atoms with Gasteiger partial charge in [0.25, 0.3) is 0 Å². The molecular formula is C20H25NO4S. The number of anilines is 1. The smallest absolute Gasteiger partial charge is 0.234 e. The van der Waals surface area contributed by atoms with Crippen molar-refractivity contribution in [2.45, 2.75) is 13.8 Å². The molecule has 0 bridgehead atoms. The third kappa shape index (κ3) is 5.59. The molecule has 26 heavy (non-hydrogen) atoms. The minimum atomic E-state index is -0.0892. The summed E-state index contributed by atoms with van der Waals surface area (Å²) < 4.78 is 16.3. The van der Waals surface area contributed by atoms with E-state index in [4.69, 9.17) is 14.2 Å². The molecule has 0 fully saturated rings. The van der Waals surface area contributed by atoms with E-state index in [-0.39, 0.29) is 5.91 Å². The molecule has 0 spiro atoms. The van der Waals surface area contributed by atoms with Gasteiger partial charge in [0, 0.05) is 11.8 Å². The van der Waals surface area contributed by atoms with Crippen molar-refractivity contribution in [2.24, 2.45) is 0 Å². The molecule has 0 unspecified atom stereocenters. The van der Waals surface area contributed by atoms with Gasteiger partial charge in [0.05, 0.1) is 32.3 Å². The molecule has 2 aromatic carbocycles. The normalized spacial score (nSPS) is 10.3. The van der Waals surface area contributed by atoms with Crippen molar-refractivity contribution in [1.82, 2.24) is 0 Å². The van der Waals surface area contributed by atoms with Gasteiger partial charge in [-0.3, -0.25) is 4.79 Å². The van der Waals surface area contributed by atoms with Gasteiger partial charge in [-0.05, 0) is 37.1 Å². The van der Waals surface area contributed by atoms with Crippen LogP contribution in [0.3, 0.4) is 0 Å². The summed E-state index contributed by atoms with van der Waals surface area (Å²) >= 11 is 1.53. The van der Waals surface area contributed by atoms with Crippen LogP contribution in [-0.4, -0.2) is 38.2 Å². The number of rotatable bonds is 9. The third-order valence-electron chi connectivity index (χ3n) is 3.80. The van der Waals surface area contributed by atoms with E-state index in [1.165, 1.54) is 11.8 Å². The van der Waals surface area contributed by atoms with E-state index in [2.05, 4.69) is 5.32 Å². The highest BCUT2D eigenvalue weighted by atomic mass is 32.2. The maximum absolute atomic E-state index is 12.2. The lowest BCUT2D eigenvalue weighted by molar-refractivity contribution is -0.113. The molecular weight excluding hydrogens is 350 g/mol. The van der Waals surface area contributed by atoms with Crippen LogP contribution >= 0.6 is 11.8 Å². The van der Waals surface area contributed by atoms with Crippen LogP contribution in [0.2, 0.25) is 0 Å². The molecule has 0 aliphatic carbocycles. The highest BCUT2D eigenvalue weighted by molar-refractivity contribution is 7.99. The van der Waals surface area contributed by atoms with Crippen LogP contribution < -0.4 is 19.5 Å². The van der Waals surface area contributed by atoms with Crippen LogP contribution in [-0.2, 0) is 4.79 Å². The fourth-order valence-corrected chi connectivity index (χ4v) is 3.10. The first-order valence-corrected chi connectivity index (χ1v) is 9.49. The topological polar surface area (TPSA) is 56.8 Å². The molecule has 0 heterocycles. The van der Waals surface area contributed by atoms with Crippen molar-refractivity contribution in [3.63, 3.8) is 0 Å². The molecule has 1 N–H and O–H groups in total. The van der Waals surface area contributed by atoms with E-state index >= 15 is 0 Å². The van der Waals surface area contributed by atoms with Crippen molar-refractivity contribution in [3.8, 4) is 17.2 Å². The fraction of sp³-hybridized carbons (Fsp3) is 0.350. The maximum Gasteiger partial charge on any atom is 0.234 e. The number of hydrogen-bond donors (Lipinski definition) is 1. The minimum Gasteiger partial charge on any atom is -0.497 e. The van der Waals surface area contributed by atoms with E-state index < -0.39 is 0 Å². The Kier molecular flexibility index (Phi) is 7.66. The van der Waals surface area contributed by atoms with Gasteiger partial charge in [-0.2, -0.15) is 0 Å². The van der Waals surface area contributed by atoms with Crippen LogP contribution in [0.1, 0.15) is 11.1 Å². The second-order valence-corrected chi connectivity index (χ2v) is 6.84. The average molecular weight is 375 g/mol. The maximum atomic E-state index is 12.2. The summed E-state index contributed by atoms with van der Waals surface area (Å²) in [4.78, 5) is 12.2. The van der Waals surface area contributed by atoms with Crippen LogP contribution in [0, 0.1) is 13.8 Å². The zero-order valence-electron chi connectivity index (χ0n) is 15.6. The summed E-state index contributed by atoms with van der Waals surface area (Å²) in [5.41, 5.74) is 2.85. The highest BCUT2D eigenvalue weighted by Crippen LogP contribution is 2.29. The number of hydrogen-bond acceptors (Lipinski definition) is 5. The lowest BCUT2D eigenvalue weighted by Crippen LogP contribution is -2.16. The number of benzene rings is 2. The predicted octanol–water partition coefficient (Wildman–Crippen LogP) is 4.07.